The van der Waals surface area contributed by atoms with E-state index in [4.69, 9.17) is 16.3 Å². The zero-order chi connectivity index (χ0) is 18.4. The number of ether oxygens (including phenoxy) is 1. The van der Waals surface area contributed by atoms with Gasteiger partial charge in [-0.2, -0.15) is 0 Å². The number of halogens is 1. The second kappa shape index (κ2) is 8.75. The Morgan fingerprint density at radius 2 is 2.15 bits per heavy atom. The molecular formula is C18H19ClN4O3. The number of hydrogen-bond acceptors (Lipinski definition) is 5. The van der Waals surface area contributed by atoms with Gasteiger partial charge in [0, 0.05) is 30.9 Å². The van der Waals surface area contributed by atoms with Crippen LogP contribution in [0.25, 0.3) is 0 Å². The molecule has 1 unspecified atom stereocenters. The van der Waals surface area contributed by atoms with Gasteiger partial charge in [0.1, 0.15) is 0 Å². The van der Waals surface area contributed by atoms with Crippen molar-refractivity contribution in [2.75, 3.05) is 30.4 Å². The van der Waals surface area contributed by atoms with Crippen molar-refractivity contribution in [2.45, 2.75) is 12.5 Å². The molecule has 1 saturated heterocycles. The van der Waals surface area contributed by atoms with Gasteiger partial charge in [0.05, 0.1) is 35.7 Å². The molecule has 1 aromatic carbocycles. The lowest BCUT2D eigenvalue weighted by atomic mass is 10.1. The number of carbonyl (C=O) groups is 2. The van der Waals surface area contributed by atoms with Crippen molar-refractivity contribution < 1.29 is 14.3 Å². The fourth-order valence-corrected chi connectivity index (χ4v) is 2.87. The number of morpholine rings is 1. The molecule has 136 valence electrons. The Hall–Kier alpha value is -2.48. The summed E-state index contributed by atoms with van der Waals surface area (Å²) in [4.78, 5) is 28.4. The molecule has 1 aliphatic rings. The normalized spacial score (nSPS) is 16.7. The first-order chi connectivity index (χ1) is 12.6. The highest BCUT2D eigenvalue weighted by molar-refractivity contribution is 6.34. The van der Waals surface area contributed by atoms with Crippen molar-refractivity contribution >= 4 is 34.8 Å². The number of rotatable bonds is 5. The third-order valence-corrected chi connectivity index (χ3v) is 4.16. The molecule has 8 heteroatoms. The molecule has 0 aliphatic carbocycles. The van der Waals surface area contributed by atoms with Crippen LogP contribution >= 0.6 is 11.6 Å². The maximum atomic E-state index is 12.3. The Morgan fingerprint density at radius 1 is 1.27 bits per heavy atom. The van der Waals surface area contributed by atoms with Gasteiger partial charge in [-0.25, -0.2) is 0 Å². The molecule has 0 radical (unpaired) electrons. The summed E-state index contributed by atoms with van der Waals surface area (Å²) in [5.74, 6) is -0.485. The summed E-state index contributed by atoms with van der Waals surface area (Å²) in [5, 5.41) is 8.98. The minimum absolute atomic E-state index is 0.00348. The Balaban J connectivity index is 1.59. The second-order valence-corrected chi connectivity index (χ2v) is 6.28. The summed E-state index contributed by atoms with van der Waals surface area (Å²) in [6.45, 7) is 1.92. The largest absolute Gasteiger partial charge is 0.378 e. The van der Waals surface area contributed by atoms with E-state index in [0.29, 0.717) is 36.6 Å². The summed E-state index contributed by atoms with van der Waals surface area (Å²) in [6, 6.07) is 8.24. The average molecular weight is 375 g/mol. The Kier molecular flexibility index (Phi) is 6.17. The molecule has 2 amide bonds. The number of carbonyl (C=O) groups excluding carboxylic acids is 2. The predicted octanol–water partition coefficient (Wildman–Crippen LogP) is 2.30. The summed E-state index contributed by atoms with van der Waals surface area (Å²) in [5.41, 5.74) is 1.43. The summed E-state index contributed by atoms with van der Waals surface area (Å²) < 4.78 is 5.33. The van der Waals surface area contributed by atoms with Crippen LogP contribution in [-0.4, -0.2) is 42.6 Å². The van der Waals surface area contributed by atoms with E-state index in [1.54, 1.807) is 42.7 Å². The van der Waals surface area contributed by atoms with E-state index in [1.165, 1.54) is 0 Å². The topological polar surface area (TPSA) is 92.4 Å². The second-order valence-electron chi connectivity index (χ2n) is 5.87. The van der Waals surface area contributed by atoms with E-state index < -0.39 is 0 Å². The molecule has 26 heavy (non-hydrogen) atoms. The van der Waals surface area contributed by atoms with Gasteiger partial charge in [0.15, 0.2) is 0 Å². The molecule has 1 aliphatic heterocycles. The lowest BCUT2D eigenvalue weighted by Crippen LogP contribution is -2.43. The molecule has 1 aromatic heterocycles. The van der Waals surface area contributed by atoms with E-state index in [9.17, 15) is 9.59 Å². The highest BCUT2D eigenvalue weighted by Gasteiger charge is 2.17. The van der Waals surface area contributed by atoms with Crippen LogP contribution in [0.3, 0.4) is 0 Å². The first kappa shape index (κ1) is 18.3. The molecule has 1 fully saturated rings. The van der Waals surface area contributed by atoms with Crippen molar-refractivity contribution in [3.05, 3.63) is 53.3 Å². The monoisotopic (exact) mass is 374 g/mol. The zero-order valence-corrected chi connectivity index (χ0v) is 14.8. The van der Waals surface area contributed by atoms with Crippen molar-refractivity contribution in [3.63, 3.8) is 0 Å². The third-order valence-electron chi connectivity index (χ3n) is 3.85. The van der Waals surface area contributed by atoms with E-state index in [0.717, 1.165) is 6.54 Å². The van der Waals surface area contributed by atoms with Crippen molar-refractivity contribution in [3.8, 4) is 0 Å². The van der Waals surface area contributed by atoms with Crippen LogP contribution in [0.1, 0.15) is 16.8 Å². The number of aromatic nitrogens is 1. The smallest absolute Gasteiger partial charge is 0.257 e. The zero-order valence-electron chi connectivity index (χ0n) is 14.0. The first-order valence-corrected chi connectivity index (χ1v) is 8.61. The Labute approximate surface area is 156 Å². The number of anilines is 2. The highest BCUT2D eigenvalue weighted by Crippen LogP contribution is 2.22. The molecule has 0 bridgehead atoms. The molecular weight excluding hydrogens is 356 g/mol. The molecule has 2 heterocycles. The van der Waals surface area contributed by atoms with Gasteiger partial charge in [0.25, 0.3) is 5.91 Å². The quantitative estimate of drug-likeness (QED) is 0.746. The van der Waals surface area contributed by atoms with Crippen LogP contribution in [0.5, 0.6) is 0 Å². The van der Waals surface area contributed by atoms with E-state index in [-0.39, 0.29) is 22.9 Å². The van der Waals surface area contributed by atoms with E-state index >= 15 is 0 Å². The van der Waals surface area contributed by atoms with Crippen LogP contribution in [0, 0.1) is 0 Å². The number of pyridine rings is 1. The maximum Gasteiger partial charge on any atom is 0.257 e. The summed E-state index contributed by atoms with van der Waals surface area (Å²) >= 11 is 6.21. The SMILES string of the molecule is O=C(CC1COCCN1)Nc1ccc(C(=O)Nc2cccnc2)c(Cl)c1. The van der Waals surface area contributed by atoms with Gasteiger partial charge in [-0.15, -0.1) is 0 Å². The standard InChI is InChI=1S/C18H19ClN4O3/c19-16-8-12(22-17(24)9-14-11-26-7-6-21-14)3-4-15(16)18(25)23-13-2-1-5-20-10-13/h1-5,8,10,14,21H,6-7,9,11H2,(H,22,24)(H,23,25). The fraction of sp³-hybridized carbons (Fsp3) is 0.278. The molecule has 1 atom stereocenters. The molecule has 0 saturated carbocycles. The van der Waals surface area contributed by atoms with Crippen LogP contribution in [0.4, 0.5) is 11.4 Å². The molecule has 7 nitrogen and oxygen atoms in total. The summed E-state index contributed by atoms with van der Waals surface area (Å²) in [7, 11) is 0. The highest BCUT2D eigenvalue weighted by atomic mass is 35.5. The van der Waals surface area contributed by atoms with Crippen LogP contribution in [-0.2, 0) is 9.53 Å². The van der Waals surface area contributed by atoms with Crippen molar-refractivity contribution in [2.24, 2.45) is 0 Å². The van der Waals surface area contributed by atoms with Crippen molar-refractivity contribution in [1.82, 2.24) is 10.3 Å². The third kappa shape index (κ3) is 5.01. The van der Waals surface area contributed by atoms with Gasteiger partial charge in [-0.1, -0.05) is 11.6 Å². The Bertz CT molecular complexity index is 779. The average Bonchev–Trinajstić information content (AvgIpc) is 2.63. The van der Waals surface area contributed by atoms with Crippen LogP contribution in [0.15, 0.2) is 42.7 Å². The number of benzene rings is 1. The Morgan fingerprint density at radius 3 is 2.85 bits per heavy atom. The number of amides is 2. The fourth-order valence-electron chi connectivity index (χ4n) is 2.60. The van der Waals surface area contributed by atoms with Gasteiger partial charge < -0.3 is 20.7 Å². The van der Waals surface area contributed by atoms with Gasteiger partial charge in [-0.3, -0.25) is 14.6 Å². The first-order valence-electron chi connectivity index (χ1n) is 8.24. The summed E-state index contributed by atoms with van der Waals surface area (Å²) in [6.07, 6.45) is 3.47. The maximum absolute atomic E-state index is 12.3. The van der Waals surface area contributed by atoms with Gasteiger partial charge >= 0.3 is 0 Å². The number of nitrogens with zero attached hydrogens (tertiary/aromatic N) is 1. The molecule has 3 rings (SSSR count). The molecule has 0 spiro atoms. The van der Waals surface area contributed by atoms with Crippen LogP contribution in [0.2, 0.25) is 5.02 Å². The van der Waals surface area contributed by atoms with E-state index in [1.807, 2.05) is 0 Å². The minimum atomic E-state index is -0.343. The predicted molar refractivity (Wildman–Crippen MR) is 99.5 cm³/mol. The van der Waals surface area contributed by atoms with Crippen molar-refractivity contribution in [1.29, 1.82) is 0 Å². The van der Waals surface area contributed by atoms with Gasteiger partial charge in [0.2, 0.25) is 5.91 Å². The number of hydrogen-bond donors (Lipinski definition) is 3. The van der Waals surface area contributed by atoms with Gasteiger partial charge in [-0.05, 0) is 30.3 Å². The lowest BCUT2D eigenvalue weighted by Gasteiger charge is -2.23. The minimum Gasteiger partial charge on any atom is -0.378 e. The van der Waals surface area contributed by atoms with Crippen LogP contribution < -0.4 is 16.0 Å². The molecule has 3 N–H and O–H groups in total. The number of nitrogens with one attached hydrogen (secondary N) is 3. The van der Waals surface area contributed by atoms with E-state index in [2.05, 4.69) is 20.9 Å². The lowest BCUT2D eigenvalue weighted by molar-refractivity contribution is -0.117. The molecule has 2 aromatic rings.